The number of hydrogen-bond acceptors (Lipinski definition) is 3. The molecule has 1 aromatic heterocycles. The van der Waals surface area contributed by atoms with Crippen molar-refractivity contribution in [2.24, 2.45) is 0 Å². The van der Waals surface area contributed by atoms with Crippen molar-refractivity contribution >= 4 is 39.7 Å². The number of rotatable bonds is 3. The first-order valence-electron chi connectivity index (χ1n) is 6.69. The number of nitrogens with zero attached hydrogens (tertiary/aromatic N) is 1. The summed E-state index contributed by atoms with van der Waals surface area (Å²) in [7, 11) is 0. The zero-order chi connectivity index (χ0) is 13.9. The summed E-state index contributed by atoms with van der Waals surface area (Å²) >= 11 is 5.28. The fraction of sp³-hybridized carbons (Fsp3) is 0.333. The quantitative estimate of drug-likeness (QED) is 0.848. The van der Waals surface area contributed by atoms with E-state index in [1.54, 1.807) is 23.5 Å². The highest BCUT2D eigenvalue weighted by Gasteiger charge is 2.26. The van der Waals surface area contributed by atoms with E-state index in [9.17, 15) is 4.39 Å². The fourth-order valence-electron chi connectivity index (χ4n) is 2.64. The lowest BCUT2D eigenvalue weighted by atomic mass is 10.0. The SMILES string of the molecule is Cl.Fc1ccc([C@@H](c2cccs2)N2CCNCC2)c(Br)c1. The van der Waals surface area contributed by atoms with Crippen molar-refractivity contribution in [1.29, 1.82) is 0 Å². The molecule has 21 heavy (non-hydrogen) atoms. The highest BCUT2D eigenvalue weighted by atomic mass is 79.9. The third-order valence-electron chi connectivity index (χ3n) is 3.59. The fourth-order valence-corrected chi connectivity index (χ4v) is 4.08. The van der Waals surface area contributed by atoms with Crippen LogP contribution in [0, 0.1) is 5.82 Å². The van der Waals surface area contributed by atoms with Gasteiger partial charge >= 0.3 is 0 Å². The lowest BCUT2D eigenvalue weighted by molar-refractivity contribution is 0.200. The molecule has 0 aliphatic carbocycles. The number of nitrogens with one attached hydrogen (secondary N) is 1. The first-order chi connectivity index (χ1) is 9.75. The molecule has 1 fully saturated rings. The van der Waals surface area contributed by atoms with Crippen molar-refractivity contribution in [3.05, 3.63) is 56.4 Å². The number of hydrogen-bond donors (Lipinski definition) is 1. The predicted molar refractivity (Wildman–Crippen MR) is 92.0 cm³/mol. The van der Waals surface area contributed by atoms with Crippen LogP contribution in [0.4, 0.5) is 4.39 Å². The van der Waals surface area contributed by atoms with Crippen LogP contribution in [0.2, 0.25) is 0 Å². The Bertz CT molecular complexity index is 573. The minimum absolute atomic E-state index is 0. The Labute approximate surface area is 142 Å². The van der Waals surface area contributed by atoms with Crippen LogP contribution in [0.25, 0.3) is 0 Å². The molecule has 1 N–H and O–H groups in total. The van der Waals surface area contributed by atoms with Crippen LogP contribution in [0.15, 0.2) is 40.2 Å². The maximum absolute atomic E-state index is 13.3. The van der Waals surface area contributed by atoms with Crippen LogP contribution in [-0.2, 0) is 0 Å². The molecule has 1 aliphatic heterocycles. The Balaban J connectivity index is 0.00000161. The summed E-state index contributed by atoms with van der Waals surface area (Å²) < 4.78 is 14.2. The van der Waals surface area contributed by atoms with Gasteiger partial charge < -0.3 is 5.32 Å². The number of halogens is 3. The summed E-state index contributed by atoms with van der Waals surface area (Å²) in [6, 6.07) is 9.43. The van der Waals surface area contributed by atoms with Crippen molar-refractivity contribution in [3.63, 3.8) is 0 Å². The van der Waals surface area contributed by atoms with Gasteiger partial charge in [-0.25, -0.2) is 4.39 Å². The van der Waals surface area contributed by atoms with Crippen LogP contribution in [0.5, 0.6) is 0 Å². The molecule has 1 aromatic carbocycles. The summed E-state index contributed by atoms with van der Waals surface area (Å²) in [5.41, 5.74) is 1.13. The van der Waals surface area contributed by atoms with Gasteiger partial charge in [0.05, 0.1) is 6.04 Å². The van der Waals surface area contributed by atoms with E-state index in [-0.39, 0.29) is 24.3 Å². The standard InChI is InChI=1S/C15H16BrFN2S.ClH/c16-13-10-11(17)3-4-12(13)15(14-2-1-9-20-14)19-7-5-18-6-8-19;/h1-4,9-10,15,18H,5-8H2;1H/t15-;/m0./s1. The normalized spacial score (nSPS) is 17.2. The van der Waals surface area contributed by atoms with Crippen molar-refractivity contribution in [3.8, 4) is 0 Å². The third-order valence-corrected chi connectivity index (χ3v) is 5.20. The summed E-state index contributed by atoms with van der Waals surface area (Å²) in [4.78, 5) is 3.76. The van der Waals surface area contributed by atoms with Crippen molar-refractivity contribution in [1.82, 2.24) is 10.2 Å². The summed E-state index contributed by atoms with van der Waals surface area (Å²) in [6.07, 6.45) is 0. The minimum Gasteiger partial charge on any atom is -0.314 e. The second kappa shape index (κ2) is 7.70. The van der Waals surface area contributed by atoms with E-state index in [0.717, 1.165) is 36.2 Å². The van der Waals surface area contributed by atoms with E-state index in [0.29, 0.717) is 0 Å². The average Bonchev–Trinajstić information content (AvgIpc) is 2.97. The van der Waals surface area contributed by atoms with E-state index in [4.69, 9.17) is 0 Å². The molecule has 0 saturated carbocycles. The van der Waals surface area contributed by atoms with Gasteiger partial charge in [-0.2, -0.15) is 0 Å². The maximum atomic E-state index is 13.3. The maximum Gasteiger partial charge on any atom is 0.124 e. The Morgan fingerprint density at radius 3 is 2.62 bits per heavy atom. The molecule has 1 saturated heterocycles. The molecule has 114 valence electrons. The van der Waals surface area contributed by atoms with E-state index in [2.05, 4.69) is 43.7 Å². The Hall–Kier alpha value is -0.460. The van der Waals surface area contributed by atoms with Gasteiger partial charge in [0.25, 0.3) is 0 Å². The van der Waals surface area contributed by atoms with Crippen LogP contribution < -0.4 is 5.32 Å². The zero-order valence-corrected chi connectivity index (χ0v) is 14.6. The summed E-state index contributed by atoms with van der Waals surface area (Å²) in [5, 5.41) is 5.48. The van der Waals surface area contributed by atoms with Gasteiger partial charge in [0, 0.05) is 35.5 Å². The van der Waals surface area contributed by atoms with Gasteiger partial charge in [0.15, 0.2) is 0 Å². The molecule has 0 radical (unpaired) electrons. The van der Waals surface area contributed by atoms with E-state index in [1.807, 2.05) is 6.07 Å². The molecule has 1 atom stereocenters. The van der Waals surface area contributed by atoms with Crippen LogP contribution in [-0.4, -0.2) is 31.1 Å². The molecule has 0 bridgehead atoms. The van der Waals surface area contributed by atoms with Crippen molar-refractivity contribution < 1.29 is 4.39 Å². The van der Waals surface area contributed by atoms with E-state index in [1.165, 1.54) is 4.88 Å². The Morgan fingerprint density at radius 1 is 1.24 bits per heavy atom. The molecular formula is C15H17BrClFN2S. The molecule has 2 heterocycles. The van der Waals surface area contributed by atoms with Crippen LogP contribution in [0.3, 0.4) is 0 Å². The lowest BCUT2D eigenvalue weighted by Gasteiger charge is -2.35. The number of piperazine rings is 1. The average molecular weight is 392 g/mol. The molecule has 0 spiro atoms. The topological polar surface area (TPSA) is 15.3 Å². The first-order valence-corrected chi connectivity index (χ1v) is 8.36. The highest BCUT2D eigenvalue weighted by Crippen LogP contribution is 2.36. The van der Waals surface area contributed by atoms with Gasteiger partial charge in [-0.3, -0.25) is 4.90 Å². The van der Waals surface area contributed by atoms with Crippen LogP contribution >= 0.6 is 39.7 Å². The minimum atomic E-state index is -0.203. The smallest absolute Gasteiger partial charge is 0.124 e. The molecule has 6 heteroatoms. The summed E-state index contributed by atoms with van der Waals surface area (Å²) in [6.45, 7) is 4.01. The second-order valence-electron chi connectivity index (χ2n) is 4.87. The van der Waals surface area contributed by atoms with Gasteiger partial charge in [-0.15, -0.1) is 23.7 Å². The van der Waals surface area contributed by atoms with Gasteiger partial charge in [-0.1, -0.05) is 28.1 Å². The molecule has 0 unspecified atom stereocenters. The molecule has 0 amide bonds. The molecule has 1 aliphatic rings. The molecule has 3 rings (SSSR count). The van der Waals surface area contributed by atoms with E-state index < -0.39 is 0 Å². The Morgan fingerprint density at radius 2 is 2.00 bits per heavy atom. The summed E-state index contributed by atoms with van der Waals surface area (Å²) in [5.74, 6) is -0.203. The van der Waals surface area contributed by atoms with Gasteiger partial charge in [-0.05, 0) is 29.1 Å². The van der Waals surface area contributed by atoms with E-state index >= 15 is 0 Å². The number of benzene rings is 1. The van der Waals surface area contributed by atoms with Crippen molar-refractivity contribution in [2.45, 2.75) is 6.04 Å². The van der Waals surface area contributed by atoms with Crippen molar-refractivity contribution in [2.75, 3.05) is 26.2 Å². The first kappa shape index (κ1) is 16.9. The third kappa shape index (κ3) is 3.85. The van der Waals surface area contributed by atoms with Crippen LogP contribution in [0.1, 0.15) is 16.5 Å². The number of thiophene rings is 1. The Kier molecular flexibility index (Phi) is 6.20. The largest absolute Gasteiger partial charge is 0.314 e. The highest BCUT2D eigenvalue weighted by molar-refractivity contribution is 9.10. The van der Waals surface area contributed by atoms with Gasteiger partial charge in [0.2, 0.25) is 0 Å². The molecule has 2 nitrogen and oxygen atoms in total. The molecule has 2 aromatic rings. The predicted octanol–water partition coefficient (Wildman–Crippen LogP) is 4.07. The van der Waals surface area contributed by atoms with Gasteiger partial charge in [0.1, 0.15) is 5.82 Å². The lowest BCUT2D eigenvalue weighted by Crippen LogP contribution is -2.45. The zero-order valence-electron chi connectivity index (χ0n) is 11.4. The molecular weight excluding hydrogens is 375 g/mol. The second-order valence-corrected chi connectivity index (χ2v) is 6.70. The monoisotopic (exact) mass is 390 g/mol.